The summed E-state index contributed by atoms with van der Waals surface area (Å²) >= 11 is 5.79. The number of carbonyl (C=O) groups is 1. The number of ketones is 1. The molecule has 0 amide bonds. The molecule has 2 N–H and O–H groups in total. The average molecular weight is 240 g/mol. The molecule has 0 aromatic heterocycles. The third-order valence-electron chi connectivity index (χ3n) is 2.58. The second-order valence-corrected chi connectivity index (χ2v) is 4.38. The van der Waals surface area contributed by atoms with Gasteiger partial charge in [0.25, 0.3) is 0 Å². The number of benzene rings is 1. The summed E-state index contributed by atoms with van der Waals surface area (Å²) in [6.07, 6.45) is 5.04. The van der Waals surface area contributed by atoms with Crippen molar-refractivity contribution in [1.82, 2.24) is 0 Å². The minimum absolute atomic E-state index is 0.152. The van der Waals surface area contributed by atoms with Gasteiger partial charge in [-0.1, -0.05) is 37.8 Å². The molecule has 88 valence electrons. The highest BCUT2D eigenvalue weighted by molar-refractivity contribution is 6.33. The quantitative estimate of drug-likeness (QED) is 0.462. The molecule has 0 radical (unpaired) electrons. The van der Waals surface area contributed by atoms with E-state index in [2.05, 4.69) is 6.92 Å². The molecule has 0 aliphatic carbocycles. The van der Waals surface area contributed by atoms with E-state index in [1.54, 1.807) is 18.2 Å². The minimum Gasteiger partial charge on any atom is -0.398 e. The first-order valence-electron chi connectivity index (χ1n) is 5.73. The van der Waals surface area contributed by atoms with Crippen LogP contribution in [-0.2, 0) is 0 Å². The van der Waals surface area contributed by atoms with Gasteiger partial charge in [-0.15, -0.1) is 0 Å². The van der Waals surface area contributed by atoms with E-state index in [1.165, 1.54) is 12.8 Å². The number of nitrogens with two attached hydrogens (primary N) is 1. The summed E-state index contributed by atoms with van der Waals surface area (Å²) in [5, 5.41) is 0.502. The number of carbonyl (C=O) groups excluding carboxylic acids is 1. The van der Waals surface area contributed by atoms with Crippen LogP contribution >= 0.6 is 11.6 Å². The molecular weight excluding hydrogens is 222 g/mol. The maximum atomic E-state index is 11.8. The SMILES string of the molecule is CCCCCCC(=O)c1ccc(Cl)c(N)c1. The van der Waals surface area contributed by atoms with Gasteiger partial charge in [-0.25, -0.2) is 0 Å². The topological polar surface area (TPSA) is 43.1 Å². The third kappa shape index (κ3) is 3.86. The maximum Gasteiger partial charge on any atom is 0.162 e. The number of rotatable bonds is 6. The van der Waals surface area contributed by atoms with Gasteiger partial charge in [0.05, 0.1) is 10.7 Å². The fourth-order valence-corrected chi connectivity index (χ4v) is 1.69. The van der Waals surface area contributed by atoms with Gasteiger partial charge in [-0.3, -0.25) is 4.79 Å². The summed E-state index contributed by atoms with van der Waals surface area (Å²) in [5.41, 5.74) is 6.79. The monoisotopic (exact) mass is 239 g/mol. The Morgan fingerprint density at radius 1 is 1.31 bits per heavy atom. The standard InChI is InChI=1S/C13H18ClNO/c1-2-3-4-5-6-13(16)10-7-8-11(14)12(15)9-10/h7-9H,2-6,15H2,1H3. The first-order chi connectivity index (χ1) is 7.65. The van der Waals surface area contributed by atoms with Gasteiger partial charge in [0.1, 0.15) is 0 Å². The smallest absolute Gasteiger partial charge is 0.162 e. The highest BCUT2D eigenvalue weighted by atomic mass is 35.5. The molecule has 0 aliphatic heterocycles. The van der Waals surface area contributed by atoms with Crippen molar-refractivity contribution in [3.05, 3.63) is 28.8 Å². The number of nitrogen functional groups attached to an aromatic ring is 1. The zero-order valence-electron chi connectivity index (χ0n) is 9.63. The molecule has 0 fully saturated rings. The minimum atomic E-state index is 0.152. The van der Waals surface area contributed by atoms with Crippen LogP contribution in [0.15, 0.2) is 18.2 Å². The summed E-state index contributed by atoms with van der Waals surface area (Å²) in [7, 11) is 0. The Balaban J connectivity index is 2.50. The lowest BCUT2D eigenvalue weighted by Crippen LogP contribution is -2.00. The van der Waals surface area contributed by atoms with Crippen molar-refractivity contribution in [3.8, 4) is 0 Å². The summed E-state index contributed by atoms with van der Waals surface area (Å²) in [6.45, 7) is 2.15. The fraction of sp³-hybridized carbons (Fsp3) is 0.462. The Morgan fingerprint density at radius 2 is 2.06 bits per heavy atom. The zero-order valence-corrected chi connectivity index (χ0v) is 10.4. The van der Waals surface area contributed by atoms with Crippen LogP contribution in [-0.4, -0.2) is 5.78 Å². The van der Waals surface area contributed by atoms with E-state index in [0.29, 0.717) is 22.7 Å². The molecule has 0 saturated heterocycles. The van der Waals surface area contributed by atoms with E-state index >= 15 is 0 Å². The van der Waals surface area contributed by atoms with Crippen LogP contribution in [0.25, 0.3) is 0 Å². The van der Waals surface area contributed by atoms with Gasteiger partial charge in [0.15, 0.2) is 5.78 Å². The normalized spacial score (nSPS) is 10.4. The lowest BCUT2D eigenvalue weighted by molar-refractivity contribution is 0.0979. The summed E-state index contributed by atoms with van der Waals surface area (Å²) in [5.74, 6) is 0.152. The Labute approximate surface area is 102 Å². The fourth-order valence-electron chi connectivity index (χ4n) is 1.57. The molecule has 16 heavy (non-hydrogen) atoms. The first kappa shape index (κ1) is 13.0. The van der Waals surface area contributed by atoms with E-state index in [0.717, 1.165) is 12.8 Å². The van der Waals surface area contributed by atoms with Crippen LogP contribution in [0, 0.1) is 0 Å². The van der Waals surface area contributed by atoms with E-state index in [1.807, 2.05) is 0 Å². The molecule has 1 rings (SSSR count). The predicted molar refractivity (Wildman–Crippen MR) is 69.0 cm³/mol. The zero-order chi connectivity index (χ0) is 12.0. The van der Waals surface area contributed by atoms with Crippen LogP contribution in [0.4, 0.5) is 5.69 Å². The largest absolute Gasteiger partial charge is 0.398 e. The van der Waals surface area contributed by atoms with Gasteiger partial charge in [0, 0.05) is 12.0 Å². The summed E-state index contributed by atoms with van der Waals surface area (Å²) < 4.78 is 0. The van der Waals surface area contributed by atoms with E-state index < -0.39 is 0 Å². The second kappa shape index (κ2) is 6.54. The molecule has 0 bridgehead atoms. The predicted octanol–water partition coefficient (Wildman–Crippen LogP) is 4.08. The van der Waals surface area contributed by atoms with Gasteiger partial charge in [-0.05, 0) is 24.6 Å². The Bertz CT molecular complexity index is 363. The van der Waals surface area contributed by atoms with Crippen molar-refractivity contribution < 1.29 is 4.79 Å². The number of hydrogen-bond acceptors (Lipinski definition) is 2. The van der Waals surface area contributed by atoms with Crippen LogP contribution < -0.4 is 5.73 Å². The van der Waals surface area contributed by atoms with Crippen molar-refractivity contribution in [1.29, 1.82) is 0 Å². The van der Waals surface area contributed by atoms with E-state index in [-0.39, 0.29) is 5.78 Å². The van der Waals surface area contributed by atoms with E-state index in [4.69, 9.17) is 17.3 Å². The molecule has 1 aromatic carbocycles. The number of unbranched alkanes of at least 4 members (excludes halogenated alkanes) is 3. The van der Waals surface area contributed by atoms with Crippen molar-refractivity contribution >= 4 is 23.1 Å². The molecule has 0 atom stereocenters. The summed E-state index contributed by atoms with van der Waals surface area (Å²) in [6, 6.07) is 5.07. The van der Waals surface area contributed by atoms with Crippen molar-refractivity contribution in [2.45, 2.75) is 39.0 Å². The Kier molecular flexibility index (Phi) is 5.33. The van der Waals surface area contributed by atoms with Gasteiger partial charge >= 0.3 is 0 Å². The molecular formula is C13H18ClNO. The number of halogens is 1. The molecule has 0 heterocycles. The molecule has 0 saturated carbocycles. The molecule has 0 spiro atoms. The van der Waals surface area contributed by atoms with Crippen molar-refractivity contribution in [2.75, 3.05) is 5.73 Å². The first-order valence-corrected chi connectivity index (χ1v) is 6.11. The lowest BCUT2D eigenvalue weighted by atomic mass is 10.0. The average Bonchev–Trinajstić information content (AvgIpc) is 2.28. The molecule has 2 nitrogen and oxygen atoms in total. The molecule has 1 aromatic rings. The highest BCUT2D eigenvalue weighted by Gasteiger charge is 2.07. The van der Waals surface area contributed by atoms with Gasteiger partial charge in [-0.2, -0.15) is 0 Å². The number of Topliss-reactive ketones (excluding diaryl/α,β-unsaturated/α-hetero) is 1. The van der Waals surface area contributed by atoms with Gasteiger partial charge < -0.3 is 5.73 Å². The number of anilines is 1. The highest BCUT2D eigenvalue weighted by Crippen LogP contribution is 2.20. The molecule has 0 aliphatic rings. The van der Waals surface area contributed by atoms with Gasteiger partial charge in [0.2, 0.25) is 0 Å². The Morgan fingerprint density at radius 3 is 2.69 bits per heavy atom. The molecule has 3 heteroatoms. The van der Waals surface area contributed by atoms with Crippen molar-refractivity contribution in [2.24, 2.45) is 0 Å². The van der Waals surface area contributed by atoms with Crippen LogP contribution in [0.3, 0.4) is 0 Å². The molecule has 0 unspecified atom stereocenters. The van der Waals surface area contributed by atoms with Crippen LogP contribution in [0.5, 0.6) is 0 Å². The van der Waals surface area contributed by atoms with Crippen LogP contribution in [0.2, 0.25) is 5.02 Å². The second-order valence-electron chi connectivity index (χ2n) is 3.97. The number of hydrogen-bond donors (Lipinski definition) is 1. The van der Waals surface area contributed by atoms with E-state index in [9.17, 15) is 4.79 Å². The maximum absolute atomic E-state index is 11.8. The Hall–Kier alpha value is -1.02. The lowest BCUT2D eigenvalue weighted by Gasteiger charge is -2.03. The van der Waals surface area contributed by atoms with Crippen LogP contribution in [0.1, 0.15) is 49.4 Å². The third-order valence-corrected chi connectivity index (χ3v) is 2.92. The summed E-state index contributed by atoms with van der Waals surface area (Å²) in [4.78, 5) is 11.8. The van der Waals surface area contributed by atoms with Crippen molar-refractivity contribution in [3.63, 3.8) is 0 Å².